The molecular formula is C19H20ClN5O. The Labute approximate surface area is 157 Å². The Morgan fingerprint density at radius 1 is 1.23 bits per heavy atom. The number of halogens is 1. The van der Waals surface area contributed by atoms with Gasteiger partial charge in [-0.25, -0.2) is 0 Å². The molecule has 0 bridgehead atoms. The van der Waals surface area contributed by atoms with E-state index in [-0.39, 0.29) is 11.6 Å². The van der Waals surface area contributed by atoms with Gasteiger partial charge in [0, 0.05) is 42.1 Å². The fraction of sp³-hybridized carbons (Fsp3) is 0.211. The molecule has 134 valence electrons. The number of fused-ring (bicyclic) bond motifs is 1. The van der Waals surface area contributed by atoms with Crippen molar-refractivity contribution in [1.82, 2.24) is 9.97 Å². The molecule has 1 aromatic carbocycles. The van der Waals surface area contributed by atoms with Gasteiger partial charge in [0.2, 0.25) is 0 Å². The number of hydrogen-bond acceptors (Lipinski definition) is 5. The number of para-hydroxylation sites is 1. The van der Waals surface area contributed by atoms with E-state index in [0.717, 1.165) is 29.6 Å². The van der Waals surface area contributed by atoms with Gasteiger partial charge in [0.15, 0.2) is 0 Å². The van der Waals surface area contributed by atoms with E-state index in [0.29, 0.717) is 17.3 Å². The number of aromatic nitrogens is 2. The molecule has 0 saturated heterocycles. The third kappa shape index (κ3) is 3.92. The highest BCUT2D eigenvalue weighted by molar-refractivity contribution is 6.31. The quantitative estimate of drug-likeness (QED) is 0.696. The van der Waals surface area contributed by atoms with Gasteiger partial charge in [-0.2, -0.15) is 0 Å². The molecule has 1 amide bonds. The second-order valence-electron chi connectivity index (χ2n) is 5.91. The largest absolute Gasteiger partial charge is 0.374 e. The van der Waals surface area contributed by atoms with E-state index in [9.17, 15) is 4.79 Å². The molecule has 0 aliphatic rings. The molecule has 0 unspecified atom stereocenters. The van der Waals surface area contributed by atoms with Crippen molar-refractivity contribution >= 4 is 39.8 Å². The van der Waals surface area contributed by atoms with E-state index >= 15 is 0 Å². The van der Waals surface area contributed by atoms with E-state index in [1.54, 1.807) is 12.3 Å². The smallest absolute Gasteiger partial charge is 0.274 e. The molecule has 26 heavy (non-hydrogen) atoms. The molecule has 0 aliphatic carbocycles. The predicted octanol–water partition coefficient (Wildman–Crippen LogP) is 3.32. The van der Waals surface area contributed by atoms with Crippen LogP contribution < -0.4 is 16.0 Å². The van der Waals surface area contributed by atoms with Gasteiger partial charge in [-0.3, -0.25) is 14.8 Å². The summed E-state index contributed by atoms with van der Waals surface area (Å²) < 4.78 is 0. The molecule has 0 atom stereocenters. The normalized spacial score (nSPS) is 10.7. The summed E-state index contributed by atoms with van der Waals surface area (Å²) in [7, 11) is 2.02. The maximum absolute atomic E-state index is 12.5. The van der Waals surface area contributed by atoms with E-state index in [4.69, 9.17) is 17.3 Å². The lowest BCUT2D eigenvalue weighted by Gasteiger charge is -2.21. The molecule has 7 heteroatoms. The maximum atomic E-state index is 12.5. The van der Waals surface area contributed by atoms with Crippen molar-refractivity contribution in [3.63, 3.8) is 0 Å². The first-order valence-electron chi connectivity index (χ1n) is 8.32. The molecule has 0 radical (unpaired) electrons. The van der Waals surface area contributed by atoms with Crippen molar-refractivity contribution in [2.45, 2.75) is 6.42 Å². The molecule has 0 spiro atoms. The Kier molecular flexibility index (Phi) is 5.65. The summed E-state index contributed by atoms with van der Waals surface area (Å²) in [5.41, 5.74) is 8.26. The number of nitrogens with zero attached hydrogens (tertiary/aromatic N) is 3. The van der Waals surface area contributed by atoms with Crippen molar-refractivity contribution in [3.05, 3.63) is 59.5 Å². The van der Waals surface area contributed by atoms with Crippen LogP contribution in [0, 0.1) is 0 Å². The molecule has 0 aliphatic heterocycles. The summed E-state index contributed by atoms with van der Waals surface area (Å²) in [5, 5.41) is 4.30. The number of rotatable bonds is 6. The van der Waals surface area contributed by atoms with E-state index < -0.39 is 0 Å². The van der Waals surface area contributed by atoms with Crippen LogP contribution in [-0.2, 0) is 0 Å². The summed E-state index contributed by atoms with van der Waals surface area (Å²) in [6, 6.07) is 10.8. The third-order valence-corrected chi connectivity index (χ3v) is 4.29. The first-order valence-corrected chi connectivity index (χ1v) is 8.70. The van der Waals surface area contributed by atoms with Crippen LogP contribution in [0.1, 0.15) is 16.9 Å². The first kappa shape index (κ1) is 18.1. The number of anilines is 2. The number of benzene rings is 1. The average molecular weight is 370 g/mol. The van der Waals surface area contributed by atoms with Crippen LogP contribution in [0.2, 0.25) is 5.02 Å². The molecule has 0 fully saturated rings. The minimum absolute atomic E-state index is 0.255. The number of carbonyl (C=O) groups excluding carboxylic acids is 1. The minimum Gasteiger partial charge on any atom is -0.374 e. The summed E-state index contributed by atoms with van der Waals surface area (Å²) in [5.74, 6) is -0.330. The van der Waals surface area contributed by atoms with E-state index in [2.05, 4.69) is 20.2 Å². The maximum Gasteiger partial charge on any atom is 0.274 e. The number of pyridine rings is 2. The van der Waals surface area contributed by atoms with Gasteiger partial charge >= 0.3 is 0 Å². The lowest BCUT2D eigenvalue weighted by Crippen LogP contribution is -2.21. The van der Waals surface area contributed by atoms with Crippen molar-refractivity contribution < 1.29 is 4.79 Å². The van der Waals surface area contributed by atoms with Crippen LogP contribution in [0.25, 0.3) is 10.9 Å². The molecule has 3 rings (SSSR count). The monoisotopic (exact) mass is 369 g/mol. The van der Waals surface area contributed by atoms with Crippen LogP contribution in [0.4, 0.5) is 11.4 Å². The van der Waals surface area contributed by atoms with Crippen LogP contribution in [0.15, 0.2) is 48.8 Å². The topological polar surface area (TPSA) is 84.1 Å². The molecule has 6 nitrogen and oxygen atoms in total. The summed E-state index contributed by atoms with van der Waals surface area (Å²) in [4.78, 5) is 23.1. The van der Waals surface area contributed by atoms with Crippen molar-refractivity contribution in [2.24, 2.45) is 5.73 Å². The molecule has 2 heterocycles. The molecule has 3 N–H and O–H groups in total. The number of nitrogens with two attached hydrogens (primary N) is 1. The summed E-state index contributed by atoms with van der Waals surface area (Å²) in [6.45, 7) is 1.49. The zero-order chi connectivity index (χ0) is 18.5. The molecular weight excluding hydrogens is 350 g/mol. The Morgan fingerprint density at radius 3 is 2.81 bits per heavy atom. The zero-order valence-electron chi connectivity index (χ0n) is 14.4. The fourth-order valence-corrected chi connectivity index (χ4v) is 2.92. The lowest BCUT2D eigenvalue weighted by atomic mass is 10.1. The molecule has 2 aromatic heterocycles. The average Bonchev–Trinajstić information content (AvgIpc) is 2.66. The first-order chi connectivity index (χ1) is 12.6. The Bertz CT molecular complexity index is 931. The second kappa shape index (κ2) is 8.12. The SMILES string of the molecule is CN(CCCN)c1ccnc2c(NC(=O)c3cc(Cl)ccn3)cccc12. The standard InChI is InChI=1S/C19H20ClN5O/c1-25(11-3-8-21)17-7-10-23-18-14(17)4-2-5-15(18)24-19(26)16-12-13(20)6-9-22-16/h2,4-7,9-10,12H,3,8,11,21H2,1H3,(H,24,26). The molecule has 3 aromatic rings. The van der Waals surface area contributed by atoms with Gasteiger partial charge in [0.05, 0.1) is 11.2 Å². The van der Waals surface area contributed by atoms with Gasteiger partial charge in [-0.05, 0) is 37.2 Å². The van der Waals surface area contributed by atoms with E-state index in [1.165, 1.54) is 12.3 Å². The Balaban J connectivity index is 1.93. The predicted molar refractivity (Wildman–Crippen MR) is 106 cm³/mol. The summed E-state index contributed by atoms with van der Waals surface area (Å²) in [6.07, 6.45) is 4.14. The zero-order valence-corrected chi connectivity index (χ0v) is 15.2. The number of carbonyl (C=O) groups is 1. The highest BCUT2D eigenvalue weighted by atomic mass is 35.5. The number of hydrogen-bond donors (Lipinski definition) is 2. The highest BCUT2D eigenvalue weighted by Crippen LogP contribution is 2.29. The van der Waals surface area contributed by atoms with Crippen LogP contribution in [0.5, 0.6) is 0 Å². The van der Waals surface area contributed by atoms with Crippen molar-refractivity contribution in [2.75, 3.05) is 30.4 Å². The van der Waals surface area contributed by atoms with Gasteiger partial charge in [0.25, 0.3) is 5.91 Å². The van der Waals surface area contributed by atoms with Crippen LogP contribution in [-0.4, -0.2) is 36.0 Å². The molecule has 0 saturated carbocycles. The van der Waals surface area contributed by atoms with Gasteiger partial charge < -0.3 is 16.0 Å². The lowest BCUT2D eigenvalue weighted by molar-refractivity contribution is 0.102. The van der Waals surface area contributed by atoms with Gasteiger partial charge in [-0.15, -0.1) is 0 Å². The van der Waals surface area contributed by atoms with Crippen LogP contribution >= 0.6 is 11.6 Å². The number of amides is 1. The Hall–Kier alpha value is -2.70. The van der Waals surface area contributed by atoms with Crippen LogP contribution in [0.3, 0.4) is 0 Å². The summed E-state index contributed by atoms with van der Waals surface area (Å²) >= 11 is 5.94. The second-order valence-corrected chi connectivity index (χ2v) is 6.35. The third-order valence-electron chi connectivity index (χ3n) is 4.06. The fourth-order valence-electron chi connectivity index (χ4n) is 2.76. The number of nitrogens with one attached hydrogen (secondary N) is 1. The van der Waals surface area contributed by atoms with Gasteiger partial charge in [0.1, 0.15) is 5.69 Å². The van der Waals surface area contributed by atoms with Gasteiger partial charge in [-0.1, -0.05) is 23.7 Å². The Morgan fingerprint density at radius 2 is 2.04 bits per heavy atom. The van der Waals surface area contributed by atoms with Crippen molar-refractivity contribution in [1.29, 1.82) is 0 Å². The van der Waals surface area contributed by atoms with Crippen molar-refractivity contribution in [3.8, 4) is 0 Å². The highest BCUT2D eigenvalue weighted by Gasteiger charge is 2.13. The minimum atomic E-state index is -0.330. The van der Waals surface area contributed by atoms with E-state index in [1.807, 2.05) is 31.3 Å².